The highest BCUT2D eigenvalue weighted by molar-refractivity contribution is 5.85. The van der Waals surface area contributed by atoms with E-state index in [4.69, 9.17) is 4.74 Å². The molecule has 1 heterocycles. The lowest BCUT2D eigenvalue weighted by atomic mass is 10.1. The molecule has 152 valence electrons. The number of aromatic amines is 1. The Morgan fingerprint density at radius 1 is 1.00 bits per heavy atom. The van der Waals surface area contributed by atoms with Gasteiger partial charge in [0.2, 0.25) is 6.10 Å². The summed E-state index contributed by atoms with van der Waals surface area (Å²) >= 11 is 0. The Hall–Kier alpha value is -3.08. The number of ether oxygens (including phenoxy) is 1. The molecule has 2 aromatic carbocycles. The Kier molecular flexibility index (Phi) is 7.06. The molecule has 3 rings (SSSR count). The Balaban J connectivity index is 1.63. The summed E-state index contributed by atoms with van der Waals surface area (Å²) in [5.41, 5.74) is 2.99. The van der Waals surface area contributed by atoms with Gasteiger partial charge in [-0.05, 0) is 38.3 Å². The molecule has 1 atom stereocenters. The highest BCUT2D eigenvalue weighted by atomic mass is 16.5. The van der Waals surface area contributed by atoms with Gasteiger partial charge >= 0.3 is 5.97 Å². The molecule has 1 N–H and O–H groups in total. The molecule has 0 aliphatic carbocycles. The van der Waals surface area contributed by atoms with Crippen LogP contribution >= 0.6 is 0 Å². The van der Waals surface area contributed by atoms with Gasteiger partial charge < -0.3 is 14.6 Å². The summed E-state index contributed by atoms with van der Waals surface area (Å²) in [6.45, 7) is 5.01. The topological polar surface area (TPSA) is 62.4 Å². The molecule has 0 aliphatic rings. The van der Waals surface area contributed by atoms with Crippen molar-refractivity contribution in [2.24, 2.45) is 0 Å². The zero-order valence-corrected chi connectivity index (χ0v) is 17.1. The SMILES string of the molecule is CCN(CC)C(=O)[C@H](OC(=O)CCCc1c[nH]c2ccccc12)c1ccccc1. The van der Waals surface area contributed by atoms with Gasteiger partial charge in [-0.25, -0.2) is 0 Å². The van der Waals surface area contributed by atoms with E-state index in [2.05, 4.69) is 11.1 Å². The van der Waals surface area contributed by atoms with Crippen molar-refractivity contribution < 1.29 is 14.3 Å². The molecule has 0 aliphatic heterocycles. The van der Waals surface area contributed by atoms with E-state index in [-0.39, 0.29) is 18.3 Å². The molecule has 0 fully saturated rings. The van der Waals surface area contributed by atoms with Crippen molar-refractivity contribution in [1.82, 2.24) is 9.88 Å². The number of aryl methyl sites for hydroxylation is 1. The number of rotatable bonds is 9. The second kappa shape index (κ2) is 9.92. The van der Waals surface area contributed by atoms with Gasteiger partial charge in [-0.1, -0.05) is 48.5 Å². The van der Waals surface area contributed by atoms with Gasteiger partial charge in [-0.3, -0.25) is 9.59 Å². The van der Waals surface area contributed by atoms with Crippen molar-refractivity contribution >= 4 is 22.8 Å². The lowest BCUT2D eigenvalue weighted by Gasteiger charge is -2.25. The van der Waals surface area contributed by atoms with Crippen molar-refractivity contribution in [2.75, 3.05) is 13.1 Å². The van der Waals surface area contributed by atoms with E-state index in [1.807, 2.05) is 68.6 Å². The van der Waals surface area contributed by atoms with Crippen LogP contribution in [0.15, 0.2) is 60.8 Å². The molecule has 1 amide bonds. The molecule has 0 saturated heterocycles. The van der Waals surface area contributed by atoms with E-state index in [9.17, 15) is 9.59 Å². The zero-order chi connectivity index (χ0) is 20.6. The lowest BCUT2D eigenvalue weighted by molar-refractivity contribution is -0.160. The van der Waals surface area contributed by atoms with Crippen molar-refractivity contribution in [1.29, 1.82) is 0 Å². The van der Waals surface area contributed by atoms with Gasteiger partial charge in [-0.2, -0.15) is 0 Å². The van der Waals surface area contributed by atoms with Crippen molar-refractivity contribution in [3.63, 3.8) is 0 Å². The van der Waals surface area contributed by atoms with E-state index in [0.29, 0.717) is 25.1 Å². The molecule has 5 nitrogen and oxygen atoms in total. The second-order valence-corrected chi connectivity index (χ2v) is 7.00. The summed E-state index contributed by atoms with van der Waals surface area (Å²) in [5, 5.41) is 1.18. The maximum absolute atomic E-state index is 12.9. The number of fused-ring (bicyclic) bond motifs is 1. The number of hydrogen-bond donors (Lipinski definition) is 1. The van der Waals surface area contributed by atoms with Gasteiger partial charge in [0, 0.05) is 42.2 Å². The molecular formula is C24H28N2O3. The minimum Gasteiger partial charge on any atom is -0.447 e. The number of esters is 1. The van der Waals surface area contributed by atoms with Crippen LogP contribution in [0.3, 0.4) is 0 Å². The van der Waals surface area contributed by atoms with Crippen molar-refractivity contribution in [3.8, 4) is 0 Å². The number of aromatic nitrogens is 1. The highest BCUT2D eigenvalue weighted by Crippen LogP contribution is 2.23. The van der Waals surface area contributed by atoms with E-state index in [1.165, 1.54) is 10.9 Å². The number of nitrogens with one attached hydrogen (secondary N) is 1. The van der Waals surface area contributed by atoms with E-state index >= 15 is 0 Å². The molecule has 0 radical (unpaired) electrons. The summed E-state index contributed by atoms with van der Waals surface area (Å²) in [6.07, 6.45) is 2.82. The van der Waals surface area contributed by atoms with Crippen LogP contribution in [0.25, 0.3) is 10.9 Å². The number of H-pyrrole nitrogens is 1. The molecule has 0 unspecified atom stereocenters. The Bertz CT molecular complexity index is 945. The minimum atomic E-state index is -0.892. The predicted octanol–water partition coefficient (Wildman–Crippen LogP) is 4.64. The van der Waals surface area contributed by atoms with Gasteiger partial charge in [0.25, 0.3) is 5.91 Å². The van der Waals surface area contributed by atoms with Crippen LogP contribution in [0.2, 0.25) is 0 Å². The van der Waals surface area contributed by atoms with Gasteiger partial charge in [0.05, 0.1) is 0 Å². The van der Waals surface area contributed by atoms with E-state index in [1.54, 1.807) is 4.90 Å². The smallest absolute Gasteiger partial charge is 0.306 e. The number of carbonyl (C=O) groups excluding carboxylic acids is 2. The molecule has 0 saturated carbocycles. The molecule has 0 bridgehead atoms. The third-order valence-corrected chi connectivity index (χ3v) is 5.15. The lowest BCUT2D eigenvalue weighted by Crippen LogP contribution is -2.36. The van der Waals surface area contributed by atoms with Crippen LogP contribution in [-0.2, 0) is 20.7 Å². The van der Waals surface area contributed by atoms with Crippen LogP contribution in [0, 0.1) is 0 Å². The number of carbonyl (C=O) groups is 2. The number of likely N-dealkylation sites (N-methyl/N-ethyl adjacent to an activating group) is 1. The third-order valence-electron chi connectivity index (χ3n) is 5.15. The van der Waals surface area contributed by atoms with Crippen molar-refractivity contribution in [2.45, 2.75) is 39.2 Å². The fourth-order valence-corrected chi connectivity index (χ4v) is 3.54. The zero-order valence-electron chi connectivity index (χ0n) is 17.1. The minimum absolute atomic E-state index is 0.175. The van der Waals surface area contributed by atoms with Crippen LogP contribution in [-0.4, -0.2) is 34.8 Å². The van der Waals surface area contributed by atoms with Crippen LogP contribution in [0.1, 0.15) is 43.9 Å². The van der Waals surface area contributed by atoms with Crippen LogP contribution in [0.4, 0.5) is 0 Å². The Morgan fingerprint density at radius 3 is 2.41 bits per heavy atom. The molecule has 3 aromatic rings. The monoisotopic (exact) mass is 392 g/mol. The van der Waals surface area contributed by atoms with Gasteiger partial charge in [0.1, 0.15) is 0 Å². The second-order valence-electron chi connectivity index (χ2n) is 7.00. The van der Waals surface area contributed by atoms with Crippen molar-refractivity contribution in [3.05, 3.63) is 71.9 Å². The van der Waals surface area contributed by atoms with Gasteiger partial charge in [-0.15, -0.1) is 0 Å². The first kappa shape index (κ1) is 20.6. The Labute approximate surface area is 171 Å². The summed E-state index contributed by atoms with van der Waals surface area (Å²) in [4.78, 5) is 30.4. The predicted molar refractivity (Wildman–Crippen MR) is 114 cm³/mol. The summed E-state index contributed by atoms with van der Waals surface area (Å²) < 4.78 is 5.65. The number of amides is 1. The molecule has 29 heavy (non-hydrogen) atoms. The molecule has 1 aromatic heterocycles. The normalized spacial score (nSPS) is 11.9. The first-order valence-electron chi connectivity index (χ1n) is 10.2. The maximum atomic E-state index is 12.9. The standard InChI is InChI=1S/C24H28N2O3/c1-3-26(4-2)24(28)23(18-11-6-5-7-12-18)29-22(27)16-10-13-19-17-25-21-15-9-8-14-20(19)21/h5-9,11-12,14-15,17,23,25H,3-4,10,13,16H2,1-2H3/t23-/m1/s1. The van der Waals surface area contributed by atoms with E-state index < -0.39 is 6.10 Å². The first-order valence-corrected chi connectivity index (χ1v) is 10.2. The summed E-state index contributed by atoms with van der Waals surface area (Å²) in [7, 11) is 0. The molecular weight excluding hydrogens is 364 g/mol. The first-order chi connectivity index (χ1) is 14.1. The Morgan fingerprint density at radius 2 is 1.69 bits per heavy atom. The number of para-hydroxylation sites is 1. The van der Waals surface area contributed by atoms with Gasteiger partial charge in [0.15, 0.2) is 0 Å². The van der Waals surface area contributed by atoms with Crippen LogP contribution < -0.4 is 0 Å². The third kappa shape index (κ3) is 5.05. The van der Waals surface area contributed by atoms with Crippen LogP contribution in [0.5, 0.6) is 0 Å². The largest absolute Gasteiger partial charge is 0.447 e. The summed E-state index contributed by atoms with van der Waals surface area (Å²) in [5.74, 6) is -0.523. The highest BCUT2D eigenvalue weighted by Gasteiger charge is 2.28. The fraction of sp³-hybridized carbons (Fsp3) is 0.333. The number of nitrogens with zero attached hydrogens (tertiary/aromatic N) is 1. The summed E-state index contributed by atoms with van der Waals surface area (Å²) in [6, 6.07) is 17.4. The molecule has 0 spiro atoms. The van der Waals surface area contributed by atoms with E-state index in [0.717, 1.165) is 11.9 Å². The average molecular weight is 392 g/mol. The average Bonchev–Trinajstić information content (AvgIpc) is 3.16. The number of benzene rings is 2. The fourth-order valence-electron chi connectivity index (χ4n) is 3.54. The quantitative estimate of drug-likeness (QED) is 0.540. The maximum Gasteiger partial charge on any atom is 0.306 e. The molecule has 5 heteroatoms. The number of hydrogen-bond acceptors (Lipinski definition) is 3.